The second-order valence-corrected chi connectivity index (χ2v) is 34.0. The summed E-state index contributed by atoms with van der Waals surface area (Å²) in [4.78, 5) is 199. The van der Waals surface area contributed by atoms with E-state index in [9.17, 15) is 28.8 Å². The van der Waals surface area contributed by atoms with Gasteiger partial charge in [0.05, 0.1) is 12.6 Å². The van der Waals surface area contributed by atoms with Crippen molar-refractivity contribution in [2.24, 2.45) is 34.4 Å². The minimum Gasteiger partial charge on any atom is -0.368 e. The molecule has 12 aromatic rings. The number of nitrogens with one attached hydrogen (secondary N) is 16. The third kappa shape index (κ3) is 24.7. The molecule has 12 amide bonds. The molecule has 0 saturated carbocycles. The zero-order chi connectivity index (χ0) is 93.2. The van der Waals surface area contributed by atoms with Gasteiger partial charge in [0.25, 0.3) is 0 Å². The Labute approximate surface area is 762 Å². The lowest BCUT2D eigenvalue weighted by atomic mass is 10.0. The first-order chi connectivity index (χ1) is 64.1. The molecule has 1 aliphatic rings. The maximum absolute atomic E-state index is 15.7. The molecular weight excluding hydrogens is 1680 g/mol. The molecule has 1 fully saturated rings. The van der Waals surface area contributed by atoms with E-state index in [0.717, 1.165) is 76.5 Å². The highest BCUT2D eigenvalue weighted by atomic mass is 16.2. The number of nitrogens with zero attached hydrogens (tertiary/aromatic N) is 1. The molecular formula is C97H121N23O12. The maximum Gasteiger partial charge on any atom is 0.246 e. The van der Waals surface area contributed by atoms with Gasteiger partial charge in [-0.15, -0.1) is 0 Å². The Balaban J connectivity index is 0.716. The van der Waals surface area contributed by atoms with Crippen LogP contribution in [0.2, 0.25) is 0 Å². The fourth-order valence-corrected chi connectivity index (χ4v) is 17.5. The van der Waals surface area contributed by atoms with Crippen LogP contribution < -0.4 is 87.6 Å². The molecule has 28 N–H and O–H groups in total. The molecule has 11 atom stereocenters. The predicted molar refractivity (Wildman–Crippen MR) is 506 cm³/mol. The Bertz CT molecular complexity index is 6020. The maximum atomic E-state index is 15.7. The Morgan fingerprint density at radius 1 is 0.318 bits per heavy atom. The molecule has 6 aromatic carbocycles. The second kappa shape index (κ2) is 46.5. The molecule has 0 unspecified atom stereocenters. The number of aromatic amines is 6. The van der Waals surface area contributed by atoms with E-state index in [-0.39, 0.29) is 96.8 Å². The Hall–Kier alpha value is -14.0. The van der Waals surface area contributed by atoms with E-state index in [4.69, 9.17) is 34.4 Å². The minimum absolute atomic E-state index is 0.00555. The highest BCUT2D eigenvalue weighted by molar-refractivity contribution is 6.01. The third-order valence-electron chi connectivity index (χ3n) is 24.7. The monoisotopic (exact) mass is 1800 g/mol. The number of primary amides is 1. The lowest BCUT2D eigenvalue weighted by molar-refractivity contribution is -0.142. The fraction of sp³-hybridized carbons (Fsp3) is 0.381. The van der Waals surface area contributed by atoms with Gasteiger partial charge < -0.3 is 122 Å². The van der Waals surface area contributed by atoms with E-state index in [0.29, 0.717) is 86.6 Å². The van der Waals surface area contributed by atoms with Crippen molar-refractivity contribution in [1.82, 2.24) is 88.0 Å². The van der Waals surface area contributed by atoms with E-state index >= 15 is 28.8 Å². The summed E-state index contributed by atoms with van der Waals surface area (Å²) in [5.41, 5.74) is 45.2. The smallest absolute Gasteiger partial charge is 0.246 e. The van der Waals surface area contributed by atoms with Crippen molar-refractivity contribution in [3.63, 3.8) is 0 Å². The summed E-state index contributed by atoms with van der Waals surface area (Å²) in [6.07, 6.45) is 14.2. The number of nitrogens with two attached hydrogens (primary N) is 6. The van der Waals surface area contributed by atoms with Crippen LogP contribution in [0.5, 0.6) is 0 Å². The van der Waals surface area contributed by atoms with Gasteiger partial charge in [-0.25, -0.2) is 0 Å². The van der Waals surface area contributed by atoms with E-state index in [1.807, 2.05) is 146 Å². The van der Waals surface area contributed by atoms with Crippen LogP contribution in [0.15, 0.2) is 183 Å². The topological polar surface area (TPSA) is 579 Å². The van der Waals surface area contributed by atoms with E-state index in [1.165, 1.54) is 4.90 Å². The number of unbranched alkanes of at least 4 members (excludes halogenated alkanes) is 4. The Morgan fingerprint density at radius 3 is 0.894 bits per heavy atom. The van der Waals surface area contributed by atoms with Crippen molar-refractivity contribution >= 4 is 136 Å². The van der Waals surface area contributed by atoms with Crippen molar-refractivity contribution in [3.8, 4) is 0 Å². The van der Waals surface area contributed by atoms with E-state index < -0.39 is 144 Å². The molecule has 35 nitrogen and oxygen atoms in total. The second-order valence-electron chi connectivity index (χ2n) is 34.0. The van der Waals surface area contributed by atoms with Crippen molar-refractivity contribution < 1.29 is 57.5 Å². The van der Waals surface area contributed by atoms with Crippen molar-refractivity contribution in [1.29, 1.82) is 0 Å². The number of fused-ring (bicyclic) bond motifs is 6. The summed E-state index contributed by atoms with van der Waals surface area (Å²) in [5.74, 6) is -8.89. The number of hydrogen-bond donors (Lipinski definition) is 22. The highest BCUT2D eigenvalue weighted by Crippen LogP contribution is 2.29. The molecule has 0 radical (unpaired) electrons. The first-order valence-electron chi connectivity index (χ1n) is 45.5. The van der Waals surface area contributed by atoms with Gasteiger partial charge in [0, 0.05) is 141 Å². The number of aromatic nitrogens is 6. The van der Waals surface area contributed by atoms with Crippen LogP contribution in [0.25, 0.3) is 65.4 Å². The molecule has 1 aliphatic heterocycles. The van der Waals surface area contributed by atoms with Crippen molar-refractivity contribution in [2.75, 3.05) is 39.3 Å². The number of hydrogen-bond acceptors (Lipinski definition) is 17. The molecule has 1 saturated heterocycles. The molecule has 7 heterocycles. The number of likely N-dealkylation sites (tertiary alicyclic amines) is 1. The molecule has 132 heavy (non-hydrogen) atoms. The fourth-order valence-electron chi connectivity index (χ4n) is 17.5. The van der Waals surface area contributed by atoms with Gasteiger partial charge in [-0.3, -0.25) is 57.5 Å². The van der Waals surface area contributed by atoms with Crippen LogP contribution in [0.4, 0.5) is 0 Å². The van der Waals surface area contributed by atoms with Crippen LogP contribution in [-0.4, -0.2) is 211 Å². The van der Waals surface area contributed by atoms with Crippen molar-refractivity contribution in [3.05, 3.63) is 216 Å². The van der Waals surface area contributed by atoms with Crippen LogP contribution in [0, 0.1) is 0 Å². The SMILES string of the molecule is NCCCC[C@@H](NC(=O)[C@H](N)Cc1c[nH]c2ccccc12)C(=O)N[C@H](Cc1c[nH]c2ccccc12)C(=O)N[C@H](CCCCN)C(=O)N[C@H](Cc1c[nH]c2ccccc12)C(=O)N1CCC[C@@H]1C(=O)NCC(=O)N[C@H](Cc1c[nH]c2ccccc12)C(=O)N[C@H](CCCCN)C(=O)N[C@H](Cc1c[nH]c2ccccc12)C(=O)N[C@H](CCCCN)C(=O)N[C@H](Cc1c[nH]c2ccccc12)C(N)=O. The largest absolute Gasteiger partial charge is 0.368 e. The number of carbonyl (C=O) groups is 12. The number of carbonyl (C=O) groups excluding carboxylic acids is 12. The first kappa shape index (κ1) is 95.6. The molecule has 696 valence electrons. The van der Waals surface area contributed by atoms with Gasteiger partial charge >= 0.3 is 0 Å². The van der Waals surface area contributed by atoms with Gasteiger partial charge in [0.2, 0.25) is 70.9 Å². The standard InChI is InChI=1S/C97H121N23O12/c98-39-17-13-34-76(112-88(123)69(102)44-57-50-104-70-28-7-1-22-63(57)70)90(125)117-82(47-60-53-107-73-31-10-4-25-66(60)73)95(130)115-79(37-16-20-42-101)92(127)119-84(49-62-55-109-75-33-12-6-27-68(62)75)97(132)120-43-21-38-85(120)96(131)110-56-86(121)111-81(46-59-52-106-72-30-9-3-24-65(59)72)93(128)113-78(36-15-19-41-100)91(126)118-83(48-61-54-108-74-32-11-5-26-67(61)74)94(129)114-77(35-14-18-40-99)89(124)116-80(87(103)122)45-58-51-105-71-29-8-2-23-64(58)71/h1-12,22-33,50-55,69,76-85,104-109H,13-21,34-49,56,98-102H2,(H2,103,122)(H,110,131)(H,111,121)(H,112,123)(H,113,128)(H,114,129)(H,115,130)(H,116,124)(H,117,125)(H,118,126)(H,119,127)/t69-,76-,77-,78-,79-,80-,81-,82-,83-,84-,85-/m1/s1. The average molecular weight is 1800 g/mol. The predicted octanol–water partition coefficient (Wildman–Crippen LogP) is 4.13. The number of H-pyrrole nitrogens is 6. The van der Waals surface area contributed by atoms with E-state index in [1.54, 1.807) is 37.2 Å². The minimum atomic E-state index is -1.43. The summed E-state index contributed by atoms with van der Waals surface area (Å²) in [6.45, 7) is 0.415. The molecule has 13 rings (SSSR count). The first-order valence-corrected chi connectivity index (χ1v) is 45.5. The highest BCUT2D eigenvalue weighted by Gasteiger charge is 2.41. The molecule has 0 spiro atoms. The Kier molecular flexibility index (Phi) is 33.7. The number of rotatable bonds is 50. The summed E-state index contributed by atoms with van der Waals surface area (Å²) >= 11 is 0. The number of amides is 12. The van der Waals surface area contributed by atoms with Crippen LogP contribution in [-0.2, 0) is 96.1 Å². The van der Waals surface area contributed by atoms with Crippen molar-refractivity contribution in [2.45, 2.75) is 195 Å². The van der Waals surface area contributed by atoms with Gasteiger partial charge in [-0.1, -0.05) is 109 Å². The lowest BCUT2D eigenvalue weighted by Crippen LogP contribution is -2.60. The van der Waals surface area contributed by atoms with Gasteiger partial charge in [0.15, 0.2) is 0 Å². The normalized spacial score (nSPS) is 15.0. The van der Waals surface area contributed by atoms with Gasteiger partial charge in [0.1, 0.15) is 60.4 Å². The van der Waals surface area contributed by atoms with Gasteiger partial charge in [-0.2, -0.15) is 0 Å². The van der Waals surface area contributed by atoms with E-state index in [2.05, 4.69) is 83.1 Å². The summed E-state index contributed by atoms with van der Waals surface area (Å²) in [6, 6.07) is 30.4. The Morgan fingerprint density at radius 2 is 0.576 bits per heavy atom. The van der Waals surface area contributed by atoms with Gasteiger partial charge in [-0.05, 0) is 192 Å². The number of para-hydroxylation sites is 6. The zero-order valence-corrected chi connectivity index (χ0v) is 73.9. The summed E-state index contributed by atoms with van der Waals surface area (Å²) in [5, 5.41) is 33.4. The zero-order valence-electron chi connectivity index (χ0n) is 73.9. The van der Waals surface area contributed by atoms with Crippen LogP contribution >= 0.6 is 0 Å². The molecule has 0 aliphatic carbocycles. The quantitative estimate of drug-likeness (QED) is 0.0238. The molecule has 6 aromatic heterocycles. The molecule has 35 heteroatoms. The number of benzene rings is 6. The lowest BCUT2D eigenvalue weighted by Gasteiger charge is -2.30. The summed E-state index contributed by atoms with van der Waals surface area (Å²) in [7, 11) is 0. The summed E-state index contributed by atoms with van der Waals surface area (Å²) < 4.78 is 0. The van der Waals surface area contributed by atoms with Crippen LogP contribution in [0.1, 0.15) is 123 Å². The third-order valence-corrected chi connectivity index (χ3v) is 24.7. The molecule has 0 bridgehead atoms. The average Bonchev–Trinajstić information content (AvgIpc) is 1.63. The van der Waals surface area contributed by atoms with Crippen LogP contribution in [0.3, 0.4) is 0 Å².